The van der Waals surface area contributed by atoms with Crippen LogP contribution in [0.5, 0.6) is 5.75 Å². The molecule has 1 aliphatic rings. The molecule has 1 saturated heterocycles. The lowest BCUT2D eigenvalue weighted by atomic mass is 10.1. The summed E-state index contributed by atoms with van der Waals surface area (Å²) in [5.41, 5.74) is 0.771. The number of amides is 2. The van der Waals surface area contributed by atoms with Gasteiger partial charge >= 0.3 is 0 Å². The molecule has 0 bridgehead atoms. The van der Waals surface area contributed by atoms with E-state index in [-0.39, 0.29) is 14.9 Å². The Balaban J connectivity index is 0.000000448. The van der Waals surface area contributed by atoms with Gasteiger partial charge in [-0.05, 0) is 36.4 Å². The molecule has 0 spiro atoms. The molecule has 3 aromatic rings. The topological polar surface area (TPSA) is 153 Å². The summed E-state index contributed by atoms with van der Waals surface area (Å²) in [6, 6.07) is 14.2. The van der Waals surface area contributed by atoms with Crippen LogP contribution < -0.4 is 10.1 Å². The predicted molar refractivity (Wildman–Crippen MR) is 152 cm³/mol. The van der Waals surface area contributed by atoms with E-state index in [1.54, 1.807) is 44.4 Å². The highest BCUT2D eigenvalue weighted by Gasteiger charge is 2.47. The third kappa shape index (κ3) is 9.63. The summed E-state index contributed by atoms with van der Waals surface area (Å²) < 4.78 is 76.9. The molecule has 1 aromatic heterocycles. The number of alkyl halides is 3. The minimum atomic E-state index is -4.25. The largest absolute Gasteiger partial charge is 0.744 e. The maximum atomic E-state index is 13.6. The van der Waals surface area contributed by atoms with Crippen molar-refractivity contribution in [1.82, 2.24) is 15.2 Å². The number of aromatic nitrogens is 1. The zero-order valence-corrected chi connectivity index (χ0v) is 24.9. The molecule has 2 aromatic carbocycles. The molecule has 15 heteroatoms. The lowest BCUT2D eigenvalue weighted by Crippen LogP contribution is -2.43. The third-order valence-corrected chi connectivity index (χ3v) is 7.48. The van der Waals surface area contributed by atoms with Crippen molar-refractivity contribution in [1.29, 1.82) is 5.26 Å². The minimum Gasteiger partial charge on any atom is -0.744 e. The van der Waals surface area contributed by atoms with Gasteiger partial charge in [0, 0.05) is 24.4 Å². The molecule has 1 atom stereocenters. The number of benzene rings is 2. The number of pyridine rings is 1. The van der Waals surface area contributed by atoms with Crippen LogP contribution in [0.4, 0.5) is 13.2 Å². The second kappa shape index (κ2) is 14.5. The zero-order valence-electron chi connectivity index (χ0n) is 24.1. The van der Waals surface area contributed by atoms with Crippen LogP contribution in [0.3, 0.4) is 0 Å². The molecule has 236 valence electrons. The molecule has 1 fully saturated rings. The molecule has 11 nitrogen and oxygen atoms in total. The van der Waals surface area contributed by atoms with Crippen molar-refractivity contribution in [3.05, 3.63) is 66.4 Å². The van der Waals surface area contributed by atoms with Crippen LogP contribution in [-0.4, -0.2) is 98.3 Å². The summed E-state index contributed by atoms with van der Waals surface area (Å²) in [5.74, 6) is -3.96. The Morgan fingerprint density at radius 2 is 1.91 bits per heavy atom. The summed E-state index contributed by atoms with van der Waals surface area (Å²) in [4.78, 5) is 30.0. The van der Waals surface area contributed by atoms with E-state index in [2.05, 4.69) is 10.3 Å². The Bertz CT molecular complexity index is 1620. The van der Waals surface area contributed by atoms with E-state index in [4.69, 9.17) is 10.00 Å². The molecule has 1 aliphatic heterocycles. The quantitative estimate of drug-likeness (QED) is 0.154. The SMILES string of the molecule is C[N+](C)(CF)CCCOc1ccc2nccc(C(=O)NCC(=O)N3CC(F)(F)C[C@H]3C#N)c2c1.O=S(=O)([O-])c1ccccc1. The summed E-state index contributed by atoms with van der Waals surface area (Å²) in [6.07, 6.45) is 1.37. The summed E-state index contributed by atoms with van der Waals surface area (Å²) in [6.45, 7) is -0.872. The first-order valence-electron chi connectivity index (χ1n) is 13.4. The van der Waals surface area contributed by atoms with Gasteiger partial charge in [-0.25, -0.2) is 17.2 Å². The number of hydrogen-bond acceptors (Lipinski definition) is 8. The van der Waals surface area contributed by atoms with Crippen LogP contribution in [0, 0.1) is 11.3 Å². The molecule has 0 saturated carbocycles. The Kier molecular flexibility index (Phi) is 11.3. The van der Waals surface area contributed by atoms with Gasteiger partial charge in [0.25, 0.3) is 11.8 Å². The number of nitrogens with one attached hydrogen (secondary N) is 1. The van der Waals surface area contributed by atoms with Crippen molar-refractivity contribution < 1.29 is 45.0 Å². The summed E-state index contributed by atoms with van der Waals surface area (Å²) >= 11 is 0. The molecule has 4 rings (SSSR count). The number of quaternary nitrogens is 1. The first-order valence-corrected chi connectivity index (χ1v) is 14.8. The number of nitrogens with zero attached hydrogens (tertiary/aromatic N) is 4. The lowest BCUT2D eigenvalue weighted by molar-refractivity contribution is -0.902. The van der Waals surface area contributed by atoms with Gasteiger partial charge in [0.15, 0.2) is 0 Å². The fraction of sp³-hybridized carbons (Fsp3) is 0.379. The van der Waals surface area contributed by atoms with Crippen molar-refractivity contribution in [2.75, 3.05) is 47.1 Å². The van der Waals surface area contributed by atoms with Gasteiger partial charge in [-0.15, -0.1) is 0 Å². The Morgan fingerprint density at radius 1 is 1.20 bits per heavy atom. The highest BCUT2D eigenvalue weighted by atomic mass is 32.2. The van der Waals surface area contributed by atoms with Crippen LogP contribution in [0.2, 0.25) is 0 Å². The first-order chi connectivity index (χ1) is 20.7. The zero-order chi connectivity index (χ0) is 32.5. The van der Waals surface area contributed by atoms with Crippen molar-refractivity contribution in [2.24, 2.45) is 0 Å². The van der Waals surface area contributed by atoms with E-state index in [1.165, 1.54) is 36.5 Å². The van der Waals surface area contributed by atoms with Gasteiger partial charge in [-0.1, -0.05) is 18.2 Å². The van der Waals surface area contributed by atoms with E-state index >= 15 is 0 Å². The van der Waals surface area contributed by atoms with Gasteiger partial charge in [0.1, 0.15) is 21.9 Å². The average molecular weight is 636 g/mol. The van der Waals surface area contributed by atoms with Crippen LogP contribution in [0.15, 0.2) is 65.7 Å². The number of hydrogen-bond donors (Lipinski definition) is 1. The predicted octanol–water partition coefficient (Wildman–Crippen LogP) is 3.09. The van der Waals surface area contributed by atoms with Gasteiger partial charge < -0.3 is 24.0 Å². The first kappa shape index (κ1) is 34.2. The molecule has 0 radical (unpaired) electrons. The Morgan fingerprint density at radius 3 is 2.52 bits per heavy atom. The van der Waals surface area contributed by atoms with Crippen molar-refractivity contribution in [3.8, 4) is 11.8 Å². The standard InChI is InChI=1S/C23H26F3N5O3.C6H6O3S/c1-31(2,15-24)8-3-9-34-17-4-5-20-19(10-17)18(6-7-28-20)22(33)29-13-21(32)30-14-23(25,26)11-16(30)12-27;7-10(8,9)6-4-2-1-3-5-6/h4-7,10,16H,3,8-9,11,13-15H2,1-2H3;1-5H,(H,7,8,9)/t16-;/m0./s1. The molecule has 0 aliphatic carbocycles. The highest BCUT2D eigenvalue weighted by Crippen LogP contribution is 2.31. The molecular formula is C29H32F3N5O6S. The number of likely N-dealkylation sites (tertiary alicyclic amines) is 1. The smallest absolute Gasteiger partial charge is 0.268 e. The van der Waals surface area contributed by atoms with Crippen LogP contribution in [0.25, 0.3) is 10.9 Å². The van der Waals surface area contributed by atoms with Crippen molar-refractivity contribution >= 4 is 32.8 Å². The monoisotopic (exact) mass is 635 g/mol. The number of rotatable bonds is 10. The van der Waals surface area contributed by atoms with E-state index < -0.39 is 60.2 Å². The van der Waals surface area contributed by atoms with E-state index in [0.29, 0.717) is 36.2 Å². The van der Waals surface area contributed by atoms with E-state index in [9.17, 15) is 35.7 Å². The second-order valence-corrected chi connectivity index (χ2v) is 12.1. The van der Waals surface area contributed by atoms with Crippen LogP contribution in [0.1, 0.15) is 23.2 Å². The van der Waals surface area contributed by atoms with Crippen molar-refractivity contribution in [3.63, 3.8) is 0 Å². The fourth-order valence-electron chi connectivity index (χ4n) is 4.29. The Hall–Kier alpha value is -4.26. The molecule has 1 N–H and O–H groups in total. The van der Waals surface area contributed by atoms with Crippen LogP contribution >= 0.6 is 0 Å². The van der Waals surface area contributed by atoms with Gasteiger partial charge in [0.2, 0.25) is 12.7 Å². The number of carbonyl (C=O) groups excluding carboxylic acids is 2. The number of nitriles is 1. The van der Waals surface area contributed by atoms with Gasteiger partial charge in [-0.3, -0.25) is 14.6 Å². The summed E-state index contributed by atoms with van der Waals surface area (Å²) in [7, 11) is -0.683. The molecule has 2 amide bonds. The van der Waals surface area contributed by atoms with Crippen LogP contribution in [-0.2, 0) is 14.9 Å². The van der Waals surface area contributed by atoms with E-state index in [1.807, 2.05) is 0 Å². The molecular weight excluding hydrogens is 603 g/mol. The van der Waals surface area contributed by atoms with E-state index in [0.717, 1.165) is 4.90 Å². The fourth-order valence-corrected chi connectivity index (χ4v) is 4.78. The number of carbonyl (C=O) groups is 2. The third-order valence-electron chi connectivity index (χ3n) is 6.63. The maximum Gasteiger partial charge on any atom is 0.268 e. The second-order valence-electron chi connectivity index (χ2n) is 10.7. The molecule has 2 heterocycles. The maximum absolute atomic E-state index is 13.6. The minimum absolute atomic E-state index is 0.185. The van der Waals surface area contributed by atoms with Gasteiger partial charge in [0.05, 0.1) is 62.4 Å². The number of fused-ring (bicyclic) bond motifs is 1. The average Bonchev–Trinajstić information content (AvgIpc) is 3.32. The molecule has 0 unspecified atom stereocenters. The lowest BCUT2D eigenvalue weighted by Gasteiger charge is -2.25. The Labute approximate surface area is 253 Å². The number of halogens is 3. The normalized spacial score (nSPS) is 16.0. The number of ether oxygens (including phenoxy) is 1. The molecule has 44 heavy (non-hydrogen) atoms. The highest BCUT2D eigenvalue weighted by molar-refractivity contribution is 7.85. The summed E-state index contributed by atoms with van der Waals surface area (Å²) in [5, 5.41) is 12.0. The van der Waals surface area contributed by atoms with Gasteiger partial charge in [-0.2, -0.15) is 9.65 Å². The van der Waals surface area contributed by atoms with Crippen molar-refractivity contribution in [2.45, 2.75) is 29.7 Å².